The van der Waals surface area contributed by atoms with Crippen molar-refractivity contribution < 1.29 is 32.2 Å². The van der Waals surface area contributed by atoms with Crippen molar-refractivity contribution in [2.24, 2.45) is 11.8 Å². The fourth-order valence-electron chi connectivity index (χ4n) is 4.76. The maximum absolute atomic E-state index is 13.3. The van der Waals surface area contributed by atoms with Crippen molar-refractivity contribution >= 4 is 17.7 Å². The number of ether oxygens (including phenoxy) is 1. The van der Waals surface area contributed by atoms with Crippen LogP contribution in [0.4, 0.5) is 23.7 Å². The molecule has 1 fully saturated rings. The lowest BCUT2D eigenvalue weighted by molar-refractivity contribution is -0.611. The maximum atomic E-state index is 13.3. The third-order valence-corrected chi connectivity index (χ3v) is 6.65. The number of nitrogens with one attached hydrogen (secondary N) is 2. The Labute approximate surface area is 215 Å². The van der Waals surface area contributed by atoms with Gasteiger partial charge in [-0.25, -0.2) is 4.79 Å². The van der Waals surface area contributed by atoms with E-state index in [1.807, 2.05) is 6.92 Å². The SMILES string of the molecule is Cc1cc[n+]([O-])c(C)c1-c1ccc(NC(=O)[C@@H](NC(=O)OC(C)(C)C)C2CCC(C(F)(F)F)CC2)cc1. The molecule has 1 heterocycles. The first kappa shape index (κ1) is 28.3. The van der Waals surface area contributed by atoms with E-state index >= 15 is 0 Å². The predicted octanol–water partition coefficient (Wildman–Crippen LogP) is 5.80. The standard InChI is InChI=1S/C27H34F3N3O4/c1-16-14-15-33(36)17(2)22(16)18-8-12-21(13-9-18)31-24(34)23(32-25(35)37-26(3,4)5)19-6-10-20(11-7-19)27(28,29)30/h8-9,12-15,19-20,23H,6-7,10-11H2,1-5H3,(H,31,34)(H,32,35)/t19?,20?,23-/m0/s1. The van der Waals surface area contributed by atoms with E-state index in [1.54, 1.807) is 58.0 Å². The van der Waals surface area contributed by atoms with Gasteiger partial charge in [0.2, 0.25) is 5.91 Å². The molecule has 0 spiro atoms. The number of hydrogen-bond acceptors (Lipinski definition) is 4. The summed E-state index contributed by atoms with van der Waals surface area (Å²) >= 11 is 0. The minimum atomic E-state index is -4.27. The molecule has 0 aliphatic heterocycles. The second-order valence-electron chi connectivity index (χ2n) is 10.6. The summed E-state index contributed by atoms with van der Waals surface area (Å²) < 4.78 is 45.5. The molecular weight excluding hydrogens is 487 g/mol. The monoisotopic (exact) mass is 521 g/mol. The van der Waals surface area contributed by atoms with Crippen molar-refractivity contribution in [3.8, 4) is 11.1 Å². The molecule has 1 saturated carbocycles. The molecule has 1 atom stereocenters. The lowest BCUT2D eigenvalue weighted by atomic mass is 9.78. The molecule has 37 heavy (non-hydrogen) atoms. The van der Waals surface area contributed by atoms with Crippen LogP contribution in [-0.2, 0) is 9.53 Å². The van der Waals surface area contributed by atoms with Gasteiger partial charge in [0.05, 0.1) is 11.5 Å². The first-order chi connectivity index (χ1) is 17.2. The van der Waals surface area contributed by atoms with Gasteiger partial charge in [0.1, 0.15) is 11.6 Å². The normalized spacial score (nSPS) is 19.1. The van der Waals surface area contributed by atoms with Crippen molar-refractivity contribution in [1.82, 2.24) is 5.32 Å². The van der Waals surface area contributed by atoms with Crippen LogP contribution in [0.1, 0.15) is 57.7 Å². The number of alkyl carbamates (subject to hydrolysis) is 1. The number of halogens is 3. The Balaban J connectivity index is 1.77. The molecule has 0 unspecified atom stereocenters. The Hall–Kier alpha value is -3.30. The number of alkyl halides is 3. The molecule has 1 aliphatic rings. The number of hydrogen-bond donors (Lipinski definition) is 2. The van der Waals surface area contributed by atoms with Crippen LogP contribution in [0.5, 0.6) is 0 Å². The minimum absolute atomic E-state index is 0.0991. The fraction of sp³-hybridized carbons (Fsp3) is 0.519. The second kappa shape index (κ2) is 11.0. The van der Waals surface area contributed by atoms with E-state index in [0.717, 1.165) is 21.4 Å². The first-order valence-electron chi connectivity index (χ1n) is 12.3. The van der Waals surface area contributed by atoms with Gasteiger partial charge in [0, 0.05) is 18.7 Å². The van der Waals surface area contributed by atoms with Crippen LogP contribution in [0.25, 0.3) is 11.1 Å². The molecule has 1 aromatic carbocycles. The highest BCUT2D eigenvalue weighted by atomic mass is 19.4. The molecule has 0 bridgehead atoms. The Morgan fingerprint density at radius 1 is 1.03 bits per heavy atom. The van der Waals surface area contributed by atoms with E-state index in [2.05, 4.69) is 10.6 Å². The number of anilines is 1. The number of aromatic nitrogens is 1. The smallest absolute Gasteiger partial charge is 0.408 e. The highest BCUT2D eigenvalue weighted by Crippen LogP contribution is 2.40. The van der Waals surface area contributed by atoms with Crippen LogP contribution in [0.15, 0.2) is 36.5 Å². The largest absolute Gasteiger partial charge is 0.618 e. The van der Waals surface area contributed by atoms with Crippen molar-refractivity contribution in [3.63, 3.8) is 0 Å². The predicted molar refractivity (Wildman–Crippen MR) is 134 cm³/mol. The fourth-order valence-corrected chi connectivity index (χ4v) is 4.76. The summed E-state index contributed by atoms with van der Waals surface area (Å²) in [5, 5.41) is 17.4. The molecular formula is C27H34F3N3O4. The molecule has 202 valence electrons. The van der Waals surface area contributed by atoms with Crippen LogP contribution < -0.4 is 15.4 Å². The number of aryl methyl sites for hydroxylation is 1. The van der Waals surface area contributed by atoms with Gasteiger partial charge in [-0.3, -0.25) is 4.79 Å². The number of benzene rings is 1. The Morgan fingerprint density at radius 3 is 2.16 bits per heavy atom. The average Bonchev–Trinajstić information content (AvgIpc) is 2.79. The Morgan fingerprint density at radius 2 is 1.62 bits per heavy atom. The van der Waals surface area contributed by atoms with Crippen LogP contribution in [0, 0.1) is 30.9 Å². The van der Waals surface area contributed by atoms with E-state index in [4.69, 9.17) is 4.74 Å². The van der Waals surface area contributed by atoms with Crippen molar-refractivity contribution in [2.75, 3.05) is 5.32 Å². The van der Waals surface area contributed by atoms with Gasteiger partial charge in [-0.1, -0.05) is 12.1 Å². The van der Waals surface area contributed by atoms with Gasteiger partial charge in [-0.15, -0.1) is 0 Å². The van der Waals surface area contributed by atoms with Gasteiger partial charge in [-0.05, 0) is 82.6 Å². The maximum Gasteiger partial charge on any atom is 0.408 e. The first-order valence-corrected chi connectivity index (χ1v) is 12.3. The zero-order valence-electron chi connectivity index (χ0n) is 21.7. The molecule has 2 N–H and O–H groups in total. The highest BCUT2D eigenvalue weighted by Gasteiger charge is 2.44. The molecule has 0 radical (unpaired) electrons. The number of carbonyl (C=O) groups excluding carboxylic acids is 2. The Kier molecular flexibility index (Phi) is 8.39. The van der Waals surface area contributed by atoms with Gasteiger partial charge in [0.15, 0.2) is 11.9 Å². The van der Waals surface area contributed by atoms with Gasteiger partial charge < -0.3 is 20.6 Å². The molecule has 1 aliphatic carbocycles. The Bertz CT molecular complexity index is 1120. The molecule has 7 nitrogen and oxygen atoms in total. The van der Waals surface area contributed by atoms with Crippen LogP contribution >= 0.6 is 0 Å². The van der Waals surface area contributed by atoms with Crippen LogP contribution in [-0.4, -0.2) is 29.8 Å². The van der Waals surface area contributed by atoms with E-state index < -0.39 is 41.7 Å². The number of nitrogens with zero attached hydrogens (tertiary/aromatic N) is 1. The number of pyridine rings is 1. The third-order valence-electron chi connectivity index (χ3n) is 6.65. The van der Waals surface area contributed by atoms with E-state index in [0.29, 0.717) is 11.4 Å². The molecule has 1 aromatic heterocycles. The quantitative estimate of drug-likeness (QED) is 0.384. The van der Waals surface area contributed by atoms with Crippen molar-refractivity contribution in [1.29, 1.82) is 0 Å². The van der Waals surface area contributed by atoms with Gasteiger partial charge >= 0.3 is 12.3 Å². The van der Waals surface area contributed by atoms with Gasteiger partial charge in [-0.2, -0.15) is 17.9 Å². The number of carbonyl (C=O) groups is 2. The highest BCUT2D eigenvalue weighted by molar-refractivity contribution is 5.97. The summed E-state index contributed by atoms with van der Waals surface area (Å²) in [4.78, 5) is 25.7. The number of amides is 2. The summed E-state index contributed by atoms with van der Waals surface area (Å²) in [6, 6.07) is 7.58. The summed E-state index contributed by atoms with van der Waals surface area (Å²) in [6.45, 7) is 8.68. The topological polar surface area (TPSA) is 94.4 Å². The summed E-state index contributed by atoms with van der Waals surface area (Å²) in [5.74, 6) is -2.40. The zero-order chi connectivity index (χ0) is 27.5. The summed E-state index contributed by atoms with van der Waals surface area (Å²) in [7, 11) is 0. The minimum Gasteiger partial charge on any atom is -0.618 e. The lowest BCUT2D eigenvalue weighted by Crippen LogP contribution is -2.51. The summed E-state index contributed by atoms with van der Waals surface area (Å²) in [6.07, 6.45) is -3.53. The van der Waals surface area contributed by atoms with E-state index in [-0.39, 0.29) is 25.7 Å². The molecule has 2 aromatic rings. The molecule has 0 saturated heterocycles. The molecule has 3 rings (SSSR count). The van der Waals surface area contributed by atoms with E-state index in [1.165, 1.54) is 6.20 Å². The number of rotatable bonds is 5. The van der Waals surface area contributed by atoms with E-state index in [9.17, 15) is 28.0 Å². The zero-order valence-corrected chi connectivity index (χ0v) is 21.7. The van der Waals surface area contributed by atoms with Crippen LogP contribution in [0.3, 0.4) is 0 Å². The van der Waals surface area contributed by atoms with Crippen molar-refractivity contribution in [3.05, 3.63) is 53.0 Å². The molecule has 10 heteroatoms. The van der Waals surface area contributed by atoms with Crippen LogP contribution in [0.2, 0.25) is 0 Å². The third kappa shape index (κ3) is 7.36. The molecule has 2 amide bonds. The summed E-state index contributed by atoms with van der Waals surface area (Å²) in [5.41, 5.74) is 2.72. The van der Waals surface area contributed by atoms with Gasteiger partial charge in [0.25, 0.3) is 0 Å². The van der Waals surface area contributed by atoms with Crippen molar-refractivity contribution in [2.45, 2.75) is 78.1 Å². The lowest BCUT2D eigenvalue weighted by Gasteiger charge is -2.34. The second-order valence-corrected chi connectivity index (χ2v) is 10.6. The average molecular weight is 522 g/mol.